The van der Waals surface area contributed by atoms with E-state index in [9.17, 15) is 0 Å². The number of hydrogen-bond acceptors (Lipinski definition) is 2. The molecule has 0 aliphatic rings. The molecule has 6 rings (SSSR count). The summed E-state index contributed by atoms with van der Waals surface area (Å²) in [6.45, 7) is 4.00. The molecule has 0 saturated heterocycles. The summed E-state index contributed by atoms with van der Waals surface area (Å²) in [4.78, 5) is 0. The highest BCUT2D eigenvalue weighted by molar-refractivity contribution is 8.76. The summed E-state index contributed by atoms with van der Waals surface area (Å²) in [6.07, 6.45) is 28.1. The largest absolute Gasteiger partial charge is 0.205 e. The van der Waals surface area contributed by atoms with Gasteiger partial charge in [-0.3, -0.25) is 0 Å². The minimum atomic E-state index is 0.901. The van der Waals surface area contributed by atoms with Crippen molar-refractivity contribution in [2.45, 2.75) is 77.5 Å². The first kappa shape index (κ1) is 37.5. The van der Waals surface area contributed by atoms with E-state index in [1.54, 1.807) is 0 Å². The van der Waals surface area contributed by atoms with E-state index in [0.29, 0.717) is 0 Å². The molecule has 0 radical (unpaired) electrons. The Morgan fingerprint density at radius 1 is 0.308 bits per heavy atom. The van der Waals surface area contributed by atoms with Crippen LogP contribution >= 0.6 is 21.6 Å². The maximum atomic E-state index is 2.33. The highest BCUT2D eigenvalue weighted by Gasteiger charge is 2.09. The SMILES string of the molecule is c1ccc(C[n+]2ccc(-c3cc[n+](CCCCCCSSCCCCCC[n+]4ccc(-c5cc[n+](Cc6ccccc6)cc5)cc4)cc3)cc2)cc1. The van der Waals surface area contributed by atoms with Gasteiger partial charge in [0.15, 0.2) is 62.7 Å². The van der Waals surface area contributed by atoms with Crippen molar-refractivity contribution < 1.29 is 18.3 Å². The van der Waals surface area contributed by atoms with Crippen LogP contribution in [-0.2, 0) is 26.2 Å². The third-order valence-corrected chi connectivity index (χ3v) is 12.1. The minimum Gasteiger partial charge on any atom is -0.205 e. The average Bonchev–Trinajstić information content (AvgIpc) is 3.20. The number of hydrogen-bond donors (Lipinski definition) is 0. The summed E-state index contributed by atoms with van der Waals surface area (Å²) in [6, 6.07) is 39.1. The molecule has 0 bridgehead atoms. The lowest BCUT2D eigenvalue weighted by atomic mass is 10.1. The van der Waals surface area contributed by atoms with Crippen LogP contribution in [0.3, 0.4) is 0 Å². The molecule has 0 aliphatic heterocycles. The van der Waals surface area contributed by atoms with Crippen LogP contribution in [0.4, 0.5) is 0 Å². The first-order chi connectivity index (χ1) is 25.8. The lowest BCUT2D eigenvalue weighted by molar-refractivity contribution is -0.697. The molecule has 0 atom stereocenters. The molecule has 4 aromatic heterocycles. The Morgan fingerprint density at radius 3 is 0.962 bits per heavy atom. The van der Waals surface area contributed by atoms with Gasteiger partial charge in [0.25, 0.3) is 0 Å². The molecule has 0 aliphatic carbocycles. The van der Waals surface area contributed by atoms with E-state index in [-0.39, 0.29) is 0 Å². The van der Waals surface area contributed by atoms with Crippen LogP contribution in [0.5, 0.6) is 0 Å². The molecule has 52 heavy (non-hydrogen) atoms. The fourth-order valence-corrected chi connectivity index (χ4v) is 8.73. The molecular formula is C46H54N4S2+4. The van der Waals surface area contributed by atoms with Gasteiger partial charge in [0.1, 0.15) is 13.1 Å². The zero-order valence-corrected chi connectivity index (χ0v) is 32.1. The van der Waals surface area contributed by atoms with E-state index in [0.717, 1.165) is 26.2 Å². The second kappa shape index (κ2) is 21.3. The molecule has 0 saturated carbocycles. The van der Waals surface area contributed by atoms with E-state index in [2.05, 4.69) is 199 Å². The number of aromatic nitrogens is 4. The number of unbranched alkanes of at least 4 members (excludes halogenated alkanes) is 6. The van der Waals surface area contributed by atoms with Crippen molar-refractivity contribution in [1.82, 2.24) is 0 Å². The Morgan fingerprint density at radius 2 is 0.615 bits per heavy atom. The summed E-state index contributed by atoms with van der Waals surface area (Å²) < 4.78 is 9.12. The first-order valence-electron chi connectivity index (χ1n) is 19.1. The highest BCUT2D eigenvalue weighted by Crippen LogP contribution is 2.24. The minimum absolute atomic E-state index is 0.901. The molecule has 0 spiro atoms. The number of aryl methyl sites for hydroxylation is 2. The summed E-state index contributed by atoms with van der Waals surface area (Å²) in [7, 11) is 4.15. The van der Waals surface area contributed by atoms with Crippen LogP contribution in [-0.4, -0.2) is 11.5 Å². The van der Waals surface area contributed by atoms with Gasteiger partial charge in [-0.15, -0.1) is 0 Å². The van der Waals surface area contributed by atoms with Crippen LogP contribution in [0.25, 0.3) is 22.3 Å². The molecule has 0 unspecified atom stereocenters. The molecule has 6 heteroatoms. The molecule has 2 aromatic carbocycles. The van der Waals surface area contributed by atoms with Gasteiger partial charge in [-0.1, -0.05) is 95.1 Å². The number of benzene rings is 2. The standard InChI is InChI=1S/C46H54N4S2/c1(11-27-47-29-19-43(20-30-47)45-23-33-49(34-24-45)39-41-15-7-5-8-16-41)3-13-37-51-52-38-14-4-2-12-28-48-31-21-44(22-32-48)46-25-35-50(36-26-46)40-42-17-9-6-10-18-42/h5-10,15-26,29-36H,1-4,11-14,27-28,37-40H2/q+4. The van der Waals surface area contributed by atoms with E-state index < -0.39 is 0 Å². The lowest BCUT2D eigenvalue weighted by Crippen LogP contribution is -2.33. The van der Waals surface area contributed by atoms with Gasteiger partial charge in [-0.2, -0.15) is 0 Å². The van der Waals surface area contributed by atoms with Gasteiger partial charge in [-0.05, 0) is 47.9 Å². The van der Waals surface area contributed by atoms with Gasteiger partial charge in [0, 0.05) is 84.0 Å². The van der Waals surface area contributed by atoms with Crippen LogP contribution < -0.4 is 18.3 Å². The quantitative estimate of drug-likeness (QED) is 0.0417. The van der Waals surface area contributed by atoms with E-state index in [4.69, 9.17) is 0 Å². The monoisotopic (exact) mass is 726 g/mol. The van der Waals surface area contributed by atoms with Crippen LogP contribution in [0.2, 0.25) is 0 Å². The topological polar surface area (TPSA) is 15.5 Å². The van der Waals surface area contributed by atoms with Crippen molar-refractivity contribution in [2.75, 3.05) is 11.5 Å². The maximum absolute atomic E-state index is 2.33. The van der Waals surface area contributed by atoms with Crippen LogP contribution in [0.1, 0.15) is 62.5 Å². The van der Waals surface area contributed by atoms with E-state index in [1.807, 2.05) is 0 Å². The summed E-state index contributed by atoms with van der Waals surface area (Å²) >= 11 is 0. The predicted octanol–water partition coefficient (Wildman–Crippen LogP) is 9.47. The number of pyridine rings is 4. The van der Waals surface area contributed by atoms with Crippen molar-refractivity contribution in [3.63, 3.8) is 0 Å². The fraction of sp³-hybridized carbons (Fsp3) is 0.304. The average molecular weight is 727 g/mol. The molecule has 4 nitrogen and oxygen atoms in total. The summed E-state index contributed by atoms with van der Waals surface area (Å²) in [5, 5.41) is 0. The van der Waals surface area contributed by atoms with Crippen molar-refractivity contribution >= 4 is 21.6 Å². The van der Waals surface area contributed by atoms with Crippen molar-refractivity contribution in [3.05, 3.63) is 170 Å². The smallest absolute Gasteiger partial charge is 0.173 e. The molecule has 4 heterocycles. The second-order valence-corrected chi connectivity index (χ2v) is 16.3. The van der Waals surface area contributed by atoms with Crippen LogP contribution in [0.15, 0.2) is 159 Å². The Labute approximate surface area is 319 Å². The van der Waals surface area contributed by atoms with Gasteiger partial charge in [-0.25, -0.2) is 18.3 Å². The third-order valence-electron chi connectivity index (χ3n) is 9.52. The van der Waals surface area contributed by atoms with Crippen molar-refractivity contribution in [3.8, 4) is 22.3 Å². The highest BCUT2D eigenvalue weighted by atomic mass is 33.1. The third kappa shape index (κ3) is 12.8. The van der Waals surface area contributed by atoms with Crippen molar-refractivity contribution in [2.24, 2.45) is 0 Å². The van der Waals surface area contributed by atoms with Crippen molar-refractivity contribution in [1.29, 1.82) is 0 Å². The lowest BCUT2D eigenvalue weighted by Gasteiger charge is -2.03. The Hall–Kier alpha value is -4.26. The van der Waals surface area contributed by atoms with Gasteiger partial charge in [0.05, 0.1) is 0 Å². The summed E-state index contributed by atoms with van der Waals surface area (Å²) in [5.41, 5.74) is 7.72. The first-order valence-corrected chi connectivity index (χ1v) is 21.6. The van der Waals surface area contributed by atoms with Gasteiger partial charge < -0.3 is 0 Å². The zero-order valence-electron chi connectivity index (χ0n) is 30.5. The number of nitrogens with zero attached hydrogens (tertiary/aromatic N) is 4. The number of rotatable bonds is 21. The van der Waals surface area contributed by atoms with Gasteiger partial charge in [0.2, 0.25) is 0 Å². The molecule has 0 amide bonds. The Kier molecular flexibility index (Phi) is 15.4. The molecule has 0 fully saturated rings. The maximum Gasteiger partial charge on any atom is 0.173 e. The molecule has 0 N–H and O–H groups in total. The van der Waals surface area contributed by atoms with E-state index in [1.165, 1.54) is 96.3 Å². The van der Waals surface area contributed by atoms with E-state index >= 15 is 0 Å². The molecular weight excluding hydrogens is 673 g/mol. The predicted molar refractivity (Wildman–Crippen MR) is 217 cm³/mol. The Bertz CT molecular complexity index is 1710. The fourth-order valence-electron chi connectivity index (χ4n) is 6.43. The molecule has 6 aromatic rings. The van der Waals surface area contributed by atoms with Gasteiger partial charge >= 0.3 is 0 Å². The second-order valence-electron chi connectivity index (χ2n) is 13.6. The Balaban J connectivity index is 0.745. The molecule has 266 valence electrons. The zero-order chi connectivity index (χ0) is 35.5. The van der Waals surface area contributed by atoms with Crippen LogP contribution in [0, 0.1) is 0 Å². The summed E-state index contributed by atoms with van der Waals surface area (Å²) in [5.74, 6) is 2.55. The normalized spacial score (nSPS) is 11.2.